The molecule has 3 atom stereocenters. The highest BCUT2D eigenvalue weighted by Crippen LogP contribution is 2.45. The zero-order valence-electron chi connectivity index (χ0n) is 17.2. The summed E-state index contributed by atoms with van der Waals surface area (Å²) in [5.74, 6) is 1.18. The Labute approximate surface area is 184 Å². The van der Waals surface area contributed by atoms with Crippen molar-refractivity contribution in [2.45, 2.75) is 44.9 Å². The lowest BCUT2D eigenvalue weighted by molar-refractivity contribution is 0.0157. The van der Waals surface area contributed by atoms with Crippen LogP contribution in [0.1, 0.15) is 39.1 Å². The molecule has 30 heavy (non-hydrogen) atoms. The maximum Gasteiger partial charge on any atom is 0.411 e. The minimum absolute atomic E-state index is 0.0949. The normalized spacial score (nSPS) is 22.8. The van der Waals surface area contributed by atoms with Gasteiger partial charge in [-0.15, -0.1) is 0 Å². The lowest BCUT2D eigenvalue weighted by Gasteiger charge is -2.33. The van der Waals surface area contributed by atoms with E-state index >= 15 is 0 Å². The topological polar surface area (TPSA) is 58.2 Å². The fraction of sp³-hybridized carbons (Fsp3) is 0.333. The molecule has 1 aliphatic heterocycles. The minimum Gasteiger partial charge on any atom is -0.444 e. The van der Waals surface area contributed by atoms with Crippen LogP contribution in [0.3, 0.4) is 0 Å². The molecule has 0 radical (unpaired) electrons. The number of ether oxygens (including phenoxy) is 1. The van der Waals surface area contributed by atoms with Crippen molar-refractivity contribution >= 4 is 32.8 Å². The Kier molecular flexibility index (Phi) is 4.51. The van der Waals surface area contributed by atoms with Crippen molar-refractivity contribution in [1.82, 2.24) is 14.9 Å². The first-order valence-electron chi connectivity index (χ1n) is 10.2. The number of aromatic amines is 1. The van der Waals surface area contributed by atoms with Gasteiger partial charge in [0, 0.05) is 16.0 Å². The first kappa shape index (κ1) is 19.4. The Morgan fingerprint density at radius 1 is 1.17 bits per heavy atom. The molecule has 3 unspecified atom stereocenters. The number of amides is 1. The summed E-state index contributed by atoms with van der Waals surface area (Å²) in [6.07, 6.45) is 6.70. The van der Waals surface area contributed by atoms with E-state index in [4.69, 9.17) is 4.74 Å². The van der Waals surface area contributed by atoms with Crippen molar-refractivity contribution in [1.29, 1.82) is 0 Å². The largest absolute Gasteiger partial charge is 0.444 e. The zero-order valence-corrected chi connectivity index (χ0v) is 18.8. The second kappa shape index (κ2) is 6.98. The predicted molar refractivity (Wildman–Crippen MR) is 121 cm³/mol. The van der Waals surface area contributed by atoms with Crippen LogP contribution in [0.15, 0.2) is 59.2 Å². The third-order valence-electron chi connectivity index (χ3n) is 5.78. The van der Waals surface area contributed by atoms with Gasteiger partial charge in [0.05, 0.1) is 24.0 Å². The highest BCUT2D eigenvalue weighted by atomic mass is 79.9. The summed E-state index contributed by atoms with van der Waals surface area (Å²) in [6, 6.07) is 12.6. The number of nitrogens with zero attached hydrogens (tertiary/aromatic N) is 2. The van der Waals surface area contributed by atoms with Crippen LogP contribution in [-0.2, 0) is 4.74 Å². The summed E-state index contributed by atoms with van der Waals surface area (Å²) < 4.78 is 6.75. The number of nitrogens with one attached hydrogen (secondary N) is 1. The number of benzene rings is 2. The monoisotopic (exact) mass is 465 g/mol. The molecule has 5 nitrogen and oxygen atoms in total. The maximum atomic E-state index is 12.9. The van der Waals surface area contributed by atoms with Gasteiger partial charge in [-0.25, -0.2) is 9.78 Å². The first-order chi connectivity index (χ1) is 14.3. The Morgan fingerprint density at radius 2 is 1.93 bits per heavy atom. The minimum atomic E-state index is -0.526. The molecular weight excluding hydrogens is 442 g/mol. The molecule has 154 valence electrons. The quantitative estimate of drug-likeness (QED) is 0.456. The average molecular weight is 466 g/mol. The fourth-order valence-corrected chi connectivity index (χ4v) is 4.69. The molecule has 1 aromatic heterocycles. The van der Waals surface area contributed by atoms with Crippen LogP contribution in [0.5, 0.6) is 0 Å². The molecule has 1 fully saturated rings. The third-order valence-corrected chi connectivity index (χ3v) is 6.27. The van der Waals surface area contributed by atoms with E-state index in [0.717, 1.165) is 28.0 Å². The number of rotatable bonds is 2. The van der Waals surface area contributed by atoms with Crippen molar-refractivity contribution in [2.75, 3.05) is 0 Å². The molecule has 0 spiro atoms. The maximum absolute atomic E-state index is 12.9. The molecule has 2 heterocycles. The number of halogens is 1. The predicted octanol–water partition coefficient (Wildman–Crippen LogP) is 6.23. The number of carbonyl (C=O) groups is 1. The summed E-state index contributed by atoms with van der Waals surface area (Å²) in [4.78, 5) is 22.9. The van der Waals surface area contributed by atoms with Crippen molar-refractivity contribution < 1.29 is 9.53 Å². The molecule has 1 saturated heterocycles. The Hall–Kier alpha value is -2.60. The zero-order chi connectivity index (χ0) is 21.0. The molecule has 1 N–H and O–H groups in total. The summed E-state index contributed by atoms with van der Waals surface area (Å²) >= 11 is 3.52. The van der Waals surface area contributed by atoms with E-state index in [0.29, 0.717) is 5.92 Å². The van der Waals surface area contributed by atoms with E-state index in [2.05, 4.69) is 68.4 Å². The van der Waals surface area contributed by atoms with E-state index < -0.39 is 5.60 Å². The number of imidazole rings is 1. The highest BCUT2D eigenvalue weighted by molar-refractivity contribution is 9.10. The van der Waals surface area contributed by atoms with E-state index in [1.54, 1.807) is 0 Å². The van der Waals surface area contributed by atoms with Gasteiger partial charge in [-0.05, 0) is 56.2 Å². The molecule has 3 aromatic rings. The van der Waals surface area contributed by atoms with Crippen molar-refractivity contribution in [3.63, 3.8) is 0 Å². The second-order valence-corrected chi connectivity index (χ2v) is 9.98. The lowest BCUT2D eigenvalue weighted by Crippen LogP contribution is -2.43. The molecular formula is C24H24BrN3O2. The number of H-pyrrole nitrogens is 1. The van der Waals surface area contributed by atoms with E-state index in [1.807, 2.05) is 37.9 Å². The van der Waals surface area contributed by atoms with E-state index in [9.17, 15) is 4.79 Å². The van der Waals surface area contributed by atoms with Crippen LogP contribution >= 0.6 is 15.9 Å². The molecule has 5 rings (SSSR count). The lowest BCUT2D eigenvalue weighted by atomic mass is 9.89. The van der Waals surface area contributed by atoms with Gasteiger partial charge >= 0.3 is 6.09 Å². The molecule has 2 aliphatic rings. The Balaban J connectivity index is 1.44. The number of carbonyl (C=O) groups excluding carboxylic acids is 1. The Morgan fingerprint density at radius 3 is 2.67 bits per heavy atom. The highest BCUT2D eigenvalue weighted by Gasteiger charge is 2.48. The van der Waals surface area contributed by atoms with Gasteiger partial charge in [-0.3, -0.25) is 4.90 Å². The second-order valence-electron chi connectivity index (χ2n) is 9.07. The number of hydrogen-bond donors (Lipinski definition) is 1. The summed E-state index contributed by atoms with van der Waals surface area (Å²) in [6.45, 7) is 5.69. The number of fused-ring (bicyclic) bond motifs is 2. The summed E-state index contributed by atoms with van der Waals surface area (Å²) in [5, 5.41) is 2.35. The number of likely N-dealkylation sites (tertiary alicyclic amines) is 1. The molecule has 1 amide bonds. The first-order valence-corrected chi connectivity index (χ1v) is 11.0. The van der Waals surface area contributed by atoms with E-state index in [1.165, 1.54) is 10.8 Å². The van der Waals surface area contributed by atoms with Crippen LogP contribution in [-0.4, -0.2) is 32.6 Å². The van der Waals surface area contributed by atoms with E-state index in [-0.39, 0.29) is 18.2 Å². The SMILES string of the molecule is CC(C)(C)OC(=O)N1C(c2ncc(-c3ccc4cc(Br)ccc4c3)[nH]2)CC2C=CC21. The fourth-order valence-electron chi connectivity index (χ4n) is 4.31. The van der Waals surface area contributed by atoms with Crippen LogP contribution in [0, 0.1) is 5.92 Å². The summed E-state index contributed by atoms with van der Waals surface area (Å²) in [7, 11) is 0. The molecule has 1 aliphatic carbocycles. The van der Waals surface area contributed by atoms with Crippen molar-refractivity contribution in [3.05, 3.63) is 65.0 Å². The smallest absolute Gasteiger partial charge is 0.411 e. The van der Waals surface area contributed by atoms with Gasteiger partial charge in [0.15, 0.2) is 0 Å². The van der Waals surface area contributed by atoms with Gasteiger partial charge in [0.1, 0.15) is 11.4 Å². The molecule has 0 saturated carbocycles. The Bertz CT molecular complexity index is 1160. The standard InChI is InChI=1S/C24H24BrN3O2/c1-24(2,3)30-23(29)28-20-9-7-17(20)12-21(28)22-26-13-19(27-22)16-5-4-15-11-18(25)8-6-14(15)10-16/h4-11,13,17,20-21H,12H2,1-3H3,(H,26,27). The van der Waals surface area contributed by atoms with Crippen LogP contribution < -0.4 is 0 Å². The van der Waals surface area contributed by atoms with Crippen LogP contribution in [0.4, 0.5) is 4.79 Å². The van der Waals surface area contributed by atoms with Crippen LogP contribution in [0.2, 0.25) is 0 Å². The third kappa shape index (κ3) is 3.43. The van der Waals surface area contributed by atoms with Gasteiger partial charge in [0.2, 0.25) is 0 Å². The number of aromatic nitrogens is 2. The number of hydrogen-bond acceptors (Lipinski definition) is 3. The van der Waals surface area contributed by atoms with Gasteiger partial charge < -0.3 is 9.72 Å². The molecule has 6 heteroatoms. The molecule has 0 bridgehead atoms. The summed E-state index contributed by atoms with van der Waals surface area (Å²) in [5.41, 5.74) is 1.50. The van der Waals surface area contributed by atoms with Crippen molar-refractivity contribution in [3.8, 4) is 11.3 Å². The van der Waals surface area contributed by atoms with Crippen LogP contribution in [0.25, 0.3) is 22.0 Å². The van der Waals surface area contributed by atoms with Crippen molar-refractivity contribution in [2.24, 2.45) is 5.92 Å². The van der Waals surface area contributed by atoms with Gasteiger partial charge in [-0.2, -0.15) is 0 Å². The van der Waals surface area contributed by atoms with Gasteiger partial charge in [-0.1, -0.05) is 46.3 Å². The van der Waals surface area contributed by atoms with Gasteiger partial charge in [0.25, 0.3) is 0 Å². The molecule has 2 aromatic carbocycles. The average Bonchev–Trinajstić information content (AvgIpc) is 3.23.